The molecule has 0 aliphatic rings. The number of nitrogens with one attached hydrogen (secondary N) is 1. The SMILES string of the molecule is CCn1c(=O)cc(C(C)C)c2ccc(OCC(=O)Nc3ccccc3F)cc21. The second-order valence-electron chi connectivity index (χ2n) is 6.83. The van der Waals surface area contributed by atoms with E-state index in [4.69, 9.17) is 4.74 Å². The molecule has 0 aliphatic heterocycles. The average Bonchev–Trinajstić information content (AvgIpc) is 2.67. The van der Waals surface area contributed by atoms with Crippen molar-refractivity contribution in [3.05, 3.63) is 70.3 Å². The fourth-order valence-corrected chi connectivity index (χ4v) is 3.18. The van der Waals surface area contributed by atoms with E-state index in [0.29, 0.717) is 12.3 Å². The molecule has 28 heavy (non-hydrogen) atoms. The first-order valence-corrected chi connectivity index (χ1v) is 9.25. The summed E-state index contributed by atoms with van der Waals surface area (Å²) in [6, 6.07) is 13.1. The monoisotopic (exact) mass is 382 g/mol. The van der Waals surface area contributed by atoms with Crippen molar-refractivity contribution in [3.63, 3.8) is 0 Å². The molecule has 1 heterocycles. The number of pyridine rings is 1. The maximum absolute atomic E-state index is 13.6. The summed E-state index contributed by atoms with van der Waals surface area (Å²) in [5.41, 5.74) is 1.79. The number of hydrogen-bond donors (Lipinski definition) is 1. The summed E-state index contributed by atoms with van der Waals surface area (Å²) in [6.45, 7) is 6.26. The smallest absolute Gasteiger partial charge is 0.262 e. The first kappa shape index (κ1) is 19.6. The molecule has 3 aromatic rings. The highest BCUT2D eigenvalue weighted by Gasteiger charge is 2.13. The van der Waals surface area contributed by atoms with Gasteiger partial charge in [-0.2, -0.15) is 0 Å². The van der Waals surface area contributed by atoms with Crippen LogP contribution in [0.15, 0.2) is 53.3 Å². The van der Waals surface area contributed by atoms with Crippen LogP contribution in [0.2, 0.25) is 0 Å². The Morgan fingerprint density at radius 1 is 1.18 bits per heavy atom. The number of para-hydroxylation sites is 1. The number of fused-ring (bicyclic) bond motifs is 1. The number of ether oxygens (including phenoxy) is 1. The van der Waals surface area contributed by atoms with Crippen LogP contribution in [0, 0.1) is 5.82 Å². The number of benzene rings is 2. The third-order valence-corrected chi connectivity index (χ3v) is 4.57. The number of halogens is 1. The summed E-state index contributed by atoms with van der Waals surface area (Å²) in [4.78, 5) is 24.5. The lowest BCUT2D eigenvalue weighted by Crippen LogP contribution is -2.21. The van der Waals surface area contributed by atoms with E-state index in [1.807, 2.05) is 26.8 Å². The molecule has 0 spiro atoms. The largest absolute Gasteiger partial charge is 0.484 e. The Hall–Kier alpha value is -3.15. The Kier molecular flexibility index (Phi) is 5.78. The Balaban J connectivity index is 1.83. The molecule has 0 unspecified atom stereocenters. The van der Waals surface area contributed by atoms with Crippen LogP contribution in [0.1, 0.15) is 32.3 Å². The van der Waals surface area contributed by atoms with Crippen molar-refractivity contribution in [2.45, 2.75) is 33.2 Å². The molecule has 0 saturated heterocycles. The highest BCUT2D eigenvalue weighted by molar-refractivity contribution is 5.92. The number of rotatable bonds is 6. The third-order valence-electron chi connectivity index (χ3n) is 4.57. The number of anilines is 1. The summed E-state index contributed by atoms with van der Waals surface area (Å²) in [5.74, 6) is -0.289. The molecule has 6 heteroatoms. The van der Waals surface area contributed by atoms with Crippen molar-refractivity contribution in [3.8, 4) is 5.75 Å². The van der Waals surface area contributed by atoms with Crippen LogP contribution >= 0.6 is 0 Å². The van der Waals surface area contributed by atoms with Crippen molar-refractivity contribution >= 4 is 22.5 Å². The Bertz CT molecular complexity index is 1070. The zero-order valence-corrected chi connectivity index (χ0v) is 16.2. The Morgan fingerprint density at radius 2 is 1.93 bits per heavy atom. The second kappa shape index (κ2) is 8.25. The number of carbonyl (C=O) groups is 1. The maximum Gasteiger partial charge on any atom is 0.262 e. The quantitative estimate of drug-likeness (QED) is 0.691. The molecule has 5 nitrogen and oxygen atoms in total. The summed E-state index contributed by atoms with van der Waals surface area (Å²) >= 11 is 0. The van der Waals surface area contributed by atoms with E-state index in [-0.39, 0.29) is 23.8 Å². The van der Waals surface area contributed by atoms with Crippen LogP contribution in [0.5, 0.6) is 5.75 Å². The van der Waals surface area contributed by atoms with Gasteiger partial charge in [0.1, 0.15) is 11.6 Å². The molecule has 1 aromatic heterocycles. The molecule has 3 rings (SSSR count). The van der Waals surface area contributed by atoms with Crippen molar-refractivity contribution in [1.29, 1.82) is 0 Å². The molecule has 0 radical (unpaired) electrons. The summed E-state index contributed by atoms with van der Waals surface area (Å²) in [6.07, 6.45) is 0. The van der Waals surface area contributed by atoms with Gasteiger partial charge in [0.15, 0.2) is 6.61 Å². The number of hydrogen-bond acceptors (Lipinski definition) is 3. The highest BCUT2D eigenvalue weighted by Crippen LogP contribution is 2.27. The zero-order valence-electron chi connectivity index (χ0n) is 16.2. The van der Waals surface area contributed by atoms with Gasteiger partial charge in [-0.3, -0.25) is 9.59 Å². The van der Waals surface area contributed by atoms with Crippen LogP contribution in [-0.2, 0) is 11.3 Å². The topological polar surface area (TPSA) is 60.3 Å². The Morgan fingerprint density at radius 3 is 2.61 bits per heavy atom. The van der Waals surface area contributed by atoms with Crippen molar-refractivity contribution in [1.82, 2.24) is 4.57 Å². The molecule has 2 aromatic carbocycles. The Labute approximate surface area is 162 Å². The lowest BCUT2D eigenvalue weighted by atomic mass is 9.98. The van der Waals surface area contributed by atoms with Gasteiger partial charge in [0.2, 0.25) is 0 Å². The lowest BCUT2D eigenvalue weighted by Gasteiger charge is -2.15. The van der Waals surface area contributed by atoms with E-state index in [1.165, 1.54) is 12.1 Å². The van der Waals surface area contributed by atoms with Gasteiger partial charge < -0.3 is 14.6 Å². The van der Waals surface area contributed by atoms with Crippen LogP contribution in [0.4, 0.5) is 10.1 Å². The molecule has 0 saturated carbocycles. The van der Waals surface area contributed by atoms with Gasteiger partial charge in [0, 0.05) is 24.1 Å². The predicted molar refractivity (Wildman–Crippen MR) is 108 cm³/mol. The van der Waals surface area contributed by atoms with Gasteiger partial charge in [0.05, 0.1) is 11.2 Å². The first-order valence-electron chi connectivity index (χ1n) is 9.25. The molecule has 1 amide bonds. The normalized spacial score (nSPS) is 11.0. The van der Waals surface area contributed by atoms with E-state index in [9.17, 15) is 14.0 Å². The summed E-state index contributed by atoms with van der Waals surface area (Å²) < 4.78 is 20.9. The van der Waals surface area contributed by atoms with Crippen LogP contribution in [0.3, 0.4) is 0 Å². The average molecular weight is 382 g/mol. The second-order valence-corrected chi connectivity index (χ2v) is 6.83. The van der Waals surface area contributed by atoms with Crippen molar-refractivity contribution in [2.24, 2.45) is 0 Å². The van der Waals surface area contributed by atoms with E-state index in [2.05, 4.69) is 5.32 Å². The number of aromatic nitrogens is 1. The first-order chi connectivity index (χ1) is 13.4. The maximum atomic E-state index is 13.6. The summed E-state index contributed by atoms with van der Waals surface area (Å²) in [7, 11) is 0. The van der Waals surface area contributed by atoms with E-state index in [0.717, 1.165) is 16.5 Å². The van der Waals surface area contributed by atoms with Crippen LogP contribution in [0.25, 0.3) is 10.9 Å². The van der Waals surface area contributed by atoms with Gasteiger partial charge in [0.25, 0.3) is 11.5 Å². The molecule has 1 N–H and O–H groups in total. The number of amides is 1. The fraction of sp³-hybridized carbons (Fsp3) is 0.273. The van der Waals surface area contributed by atoms with Gasteiger partial charge in [-0.15, -0.1) is 0 Å². The minimum atomic E-state index is -0.505. The van der Waals surface area contributed by atoms with Crippen molar-refractivity contribution in [2.75, 3.05) is 11.9 Å². The van der Waals surface area contributed by atoms with Gasteiger partial charge in [-0.25, -0.2) is 4.39 Å². The zero-order chi connectivity index (χ0) is 20.3. The van der Waals surface area contributed by atoms with E-state index in [1.54, 1.807) is 34.9 Å². The molecule has 146 valence electrons. The number of nitrogens with zero attached hydrogens (tertiary/aromatic N) is 1. The molecule has 0 atom stereocenters. The fourth-order valence-electron chi connectivity index (χ4n) is 3.18. The highest BCUT2D eigenvalue weighted by atomic mass is 19.1. The minimum Gasteiger partial charge on any atom is -0.484 e. The molecule has 0 fully saturated rings. The van der Waals surface area contributed by atoms with Crippen molar-refractivity contribution < 1.29 is 13.9 Å². The van der Waals surface area contributed by atoms with Gasteiger partial charge >= 0.3 is 0 Å². The van der Waals surface area contributed by atoms with Gasteiger partial charge in [-0.05, 0) is 42.7 Å². The molecular weight excluding hydrogens is 359 g/mol. The van der Waals surface area contributed by atoms with E-state index < -0.39 is 11.7 Å². The molecule has 0 aliphatic carbocycles. The minimum absolute atomic E-state index is 0.0619. The standard InChI is InChI=1S/C22H23FN2O3/c1-4-25-20-11-15(9-10-16(20)17(14(2)3)12-22(25)27)28-13-21(26)24-19-8-6-5-7-18(19)23/h5-12,14H,4,13H2,1-3H3,(H,24,26). The van der Waals surface area contributed by atoms with Gasteiger partial charge in [-0.1, -0.05) is 26.0 Å². The molecule has 0 bridgehead atoms. The number of aryl methyl sites for hydroxylation is 1. The lowest BCUT2D eigenvalue weighted by molar-refractivity contribution is -0.118. The predicted octanol–water partition coefficient (Wildman–Crippen LogP) is 4.30. The summed E-state index contributed by atoms with van der Waals surface area (Å²) in [5, 5.41) is 3.46. The molecular formula is C22H23FN2O3. The van der Waals surface area contributed by atoms with Crippen LogP contribution in [-0.4, -0.2) is 17.1 Å². The third kappa shape index (κ3) is 4.06. The van der Waals surface area contributed by atoms with Crippen LogP contribution < -0.4 is 15.6 Å². The van der Waals surface area contributed by atoms with E-state index >= 15 is 0 Å². The number of carbonyl (C=O) groups excluding carboxylic acids is 1.